The number of carboxylic acids is 1. The molecular formula is C10H12F3NO4. The van der Waals surface area contributed by atoms with E-state index >= 15 is 0 Å². The molecule has 0 aromatic heterocycles. The number of rotatable bonds is 2. The van der Waals surface area contributed by atoms with Crippen molar-refractivity contribution < 1.29 is 32.6 Å². The Hall–Kier alpha value is -1.31. The first-order chi connectivity index (χ1) is 8.22. The summed E-state index contributed by atoms with van der Waals surface area (Å²) >= 11 is 0. The molecule has 1 spiro atoms. The Morgan fingerprint density at radius 1 is 1.39 bits per heavy atom. The van der Waals surface area contributed by atoms with Crippen molar-refractivity contribution in [3.63, 3.8) is 0 Å². The van der Waals surface area contributed by atoms with Crippen LogP contribution in [0.15, 0.2) is 0 Å². The van der Waals surface area contributed by atoms with Crippen molar-refractivity contribution in [1.29, 1.82) is 0 Å². The molecule has 2 saturated heterocycles. The molecule has 18 heavy (non-hydrogen) atoms. The number of ether oxygens (including phenoxy) is 1. The molecule has 1 unspecified atom stereocenters. The van der Waals surface area contributed by atoms with Crippen LogP contribution >= 0.6 is 0 Å². The van der Waals surface area contributed by atoms with Gasteiger partial charge in [-0.1, -0.05) is 0 Å². The molecule has 8 heteroatoms. The molecule has 2 aliphatic heterocycles. The molecule has 102 valence electrons. The van der Waals surface area contributed by atoms with Gasteiger partial charge in [0, 0.05) is 18.5 Å². The van der Waals surface area contributed by atoms with Crippen molar-refractivity contribution in [3.05, 3.63) is 0 Å². The zero-order valence-electron chi connectivity index (χ0n) is 9.37. The van der Waals surface area contributed by atoms with E-state index in [0.717, 1.165) is 4.90 Å². The summed E-state index contributed by atoms with van der Waals surface area (Å²) in [7, 11) is 0. The fourth-order valence-electron chi connectivity index (χ4n) is 2.53. The first-order valence-corrected chi connectivity index (χ1v) is 5.41. The van der Waals surface area contributed by atoms with Crippen LogP contribution in [-0.4, -0.2) is 53.9 Å². The summed E-state index contributed by atoms with van der Waals surface area (Å²) in [5.41, 5.74) is -0.485. The molecule has 2 heterocycles. The van der Waals surface area contributed by atoms with Gasteiger partial charge in [-0.15, -0.1) is 0 Å². The summed E-state index contributed by atoms with van der Waals surface area (Å²) in [6.45, 7) is 0.190. The summed E-state index contributed by atoms with van der Waals surface area (Å²) < 4.78 is 41.7. The van der Waals surface area contributed by atoms with Gasteiger partial charge in [-0.25, -0.2) is 0 Å². The van der Waals surface area contributed by atoms with Crippen molar-refractivity contribution in [2.24, 2.45) is 5.41 Å². The lowest BCUT2D eigenvalue weighted by atomic mass is 9.77. The van der Waals surface area contributed by atoms with E-state index < -0.39 is 29.6 Å². The van der Waals surface area contributed by atoms with Gasteiger partial charge in [0.2, 0.25) is 0 Å². The van der Waals surface area contributed by atoms with Gasteiger partial charge in [0.15, 0.2) is 0 Å². The average Bonchev–Trinajstić information content (AvgIpc) is 2.56. The third-order valence-electron chi connectivity index (χ3n) is 3.27. The quantitative estimate of drug-likeness (QED) is 0.797. The van der Waals surface area contributed by atoms with E-state index in [4.69, 9.17) is 9.84 Å². The zero-order chi connectivity index (χ0) is 13.6. The maximum Gasteiger partial charge on any atom is 0.471 e. The van der Waals surface area contributed by atoms with E-state index in [9.17, 15) is 22.8 Å². The lowest BCUT2D eigenvalue weighted by molar-refractivity contribution is -0.196. The number of likely N-dealkylation sites (tertiary alicyclic amines) is 1. The number of hydrogen-bond acceptors (Lipinski definition) is 3. The highest BCUT2D eigenvalue weighted by atomic mass is 19.4. The van der Waals surface area contributed by atoms with Crippen LogP contribution in [0.4, 0.5) is 13.2 Å². The molecular weight excluding hydrogens is 255 g/mol. The summed E-state index contributed by atoms with van der Waals surface area (Å²) in [5.74, 6) is -2.84. The highest BCUT2D eigenvalue weighted by molar-refractivity contribution is 5.82. The monoisotopic (exact) mass is 267 g/mol. The van der Waals surface area contributed by atoms with Crippen molar-refractivity contribution in [2.75, 3.05) is 19.7 Å². The predicted molar refractivity (Wildman–Crippen MR) is 51.7 cm³/mol. The van der Waals surface area contributed by atoms with Gasteiger partial charge in [0.05, 0.1) is 19.1 Å². The normalized spacial score (nSPS) is 26.2. The van der Waals surface area contributed by atoms with E-state index in [-0.39, 0.29) is 26.1 Å². The minimum atomic E-state index is -4.85. The van der Waals surface area contributed by atoms with Crippen molar-refractivity contribution in [2.45, 2.75) is 25.1 Å². The fraction of sp³-hybridized carbons (Fsp3) is 0.800. The molecule has 5 nitrogen and oxygen atoms in total. The SMILES string of the molecule is O=C(O)CC1CC2(CO1)CN(C(=O)C(F)(F)F)C2. The van der Waals surface area contributed by atoms with E-state index in [1.807, 2.05) is 0 Å². The van der Waals surface area contributed by atoms with Crippen LogP contribution < -0.4 is 0 Å². The van der Waals surface area contributed by atoms with E-state index in [1.54, 1.807) is 0 Å². The Kier molecular flexibility index (Phi) is 3.00. The predicted octanol–water partition coefficient (Wildman–Crippen LogP) is 0.641. The molecule has 0 radical (unpaired) electrons. The molecule has 2 rings (SSSR count). The van der Waals surface area contributed by atoms with Crippen LogP contribution in [-0.2, 0) is 14.3 Å². The van der Waals surface area contributed by atoms with E-state index in [0.29, 0.717) is 6.42 Å². The number of carbonyl (C=O) groups is 2. The van der Waals surface area contributed by atoms with Crippen molar-refractivity contribution in [1.82, 2.24) is 4.90 Å². The van der Waals surface area contributed by atoms with Gasteiger partial charge in [-0.2, -0.15) is 13.2 Å². The van der Waals surface area contributed by atoms with Crippen LogP contribution in [0.25, 0.3) is 0 Å². The molecule has 2 fully saturated rings. The molecule has 0 bridgehead atoms. The number of carbonyl (C=O) groups excluding carboxylic acids is 1. The number of halogens is 3. The Balaban J connectivity index is 1.86. The van der Waals surface area contributed by atoms with Crippen LogP contribution in [0.5, 0.6) is 0 Å². The number of hydrogen-bond donors (Lipinski definition) is 1. The first-order valence-electron chi connectivity index (χ1n) is 5.41. The largest absolute Gasteiger partial charge is 0.481 e. The standard InChI is InChI=1S/C10H12F3NO4/c11-10(12,13)8(17)14-3-9(4-14)2-6(18-5-9)1-7(15)16/h6H,1-5H2,(H,15,16). The lowest BCUT2D eigenvalue weighted by Gasteiger charge is -2.47. The summed E-state index contributed by atoms with van der Waals surface area (Å²) in [6.07, 6.45) is -5.08. The Morgan fingerprint density at radius 2 is 2.00 bits per heavy atom. The minimum Gasteiger partial charge on any atom is -0.481 e. The molecule has 0 aromatic carbocycles. The van der Waals surface area contributed by atoms with Gasteiger partial charge < -0.3 is 14.7 Å². The maximum atomic E-state index is 12.1. The van der Waals surface area contributed by atoms with E-state index in [1.165, 1.54) is 0 Å². The van der Waals surface area contributed by atoms with Gasteiger partial charge in [-0.05, 0) is 6.42 Å². The number of alkyl halides is 3. The molecule has 2 aliphatic rings. The number of carboxylic acid groups (broad SMARTS) is 1. The third-order valence-corrected chi connectivity index (χ3v) is 3.27. The van der Waals surface area contributed by atoms with Gasteiger partial charge in [-0.3, -0.25) is 9.59 Å². The molecule has 0 aliphatic carbocycles. The number of nitrogens with zero attached hydrogens (tertiary/aromatic N) is 1. The average molecular weight is 267 g/mol. The Labute approximate surface area is 100 Å². The van der Waals surface area contributed by atoms with Gasteiger partial charge in [0.1, 0.15) is 0 Å². The molecule has 0 aromatic rings. The summed E-state index contributed by atoms with van der Waals surface area (Å²) in [6, 6.07) is 0. The van der Waals surface area contributed by atoms with Crippen LogP contribution in [0.3, 0.4) is 0 Å². The van der Waals surface area contributed by atoms with Crippen LogP contribution in [0, 0.1) is 5.41 Å². The van der Waals surface area contributed by atoms with E-state index in [2.05, 4.69) is 0 Å². The minimum absolute atomic E-state index is 0.0124. The highest BCUT2D eigenvalue weighted by Gasteiger charge is 2.55. The molecule has 0 saturated carbocycles. The molecule has 1 amide bonds. The molecule has 1 N–H and O–H groups in total. The molecule has 1 atom stereocenters. The van der Waals surface area contributed by atoms with Crippen molar-refractivity contribution in [3.8, 4) is 0 Å². The summed E-state index contributed by atoms with van der Waals surface area (Å²) in [4.78, 5) is 22.1. The second-order valence-corrected chi connectivity index (χ2v) is 4.89. The Bertz CT molecular complexity index is 376. The second-order valence-electron chi connectivity index (χ2n) is 4.89. The van der Waals surface area contributed by atoms with Crippen LogP contribution in [0.1, 0.15) is 12.8 Å². The lowest BCUT2D eigenvalue weighted by Crippen LogP contribution is -2.61. The smallest absolute Gasteiger partial charge is 0.471 e. The van der Waals surface area contributed by atoms with Gasteiger partial charge in [0.25, 0.3) is 0 Å². The number of amides is 1. The topological polar surface area (TPSA) is 66.8 Å². The third kappa shape index (κ3) is 2.43. The fourth-order valence-corrected chi connectivity index (χ4v) is 2.53. The zero-order valence-corrected chi connectivity index (χ0v) is 9.37. The first kappa shape index (κ1) is 13.1. The Morgan fingerprint density at radius 3 is 2.50 bits per heavy atom. The highest BCUT2D eigenvalue weighted by Crippen LogP contribution is 2.43. The van der Waals surface area contributed by atoms with Crippen molar-refractivity contribution >= 4 is 11.9 Å². The van der Waals surface area contributed by atoms with Gasteiger partial charge >= 0.3 is 18.1 Å². The second kappa shape index (κ2) is 4.11. The number of aliphatic carboxylic acids is 1. The summed E-state index contributed by atoms with van der Waals surface area (Å²) in [5, 5.41) is 8.59. The maximum absolute atomic E-state index is 12.1. The van der Waals surface area contributed by atoms with Crippen LogP contribution in [0.2, 0.25) is 0 Å².